The van der Waals surface area contributed by atoms with Gasteiger partial charge < -0.3 is 10.6 Å². The van der Waals surface area contributed by atoms with Gasteiger partial charge in [-0.25, -0.2) is 9.97 Å². The van der Waals surface area contributed by atoms with E-state index in [1.807, 2.05) is 19.1 Å². The molecule has 0 atom stereocenters. The van der Waals surface area contributed by atoms with Crippen LogP contribution in [-0.4, -0.2) is 27.9 Å². The van der Waals surface area contributed by atoms with E-state index in [0.29, 0.717) is 11.5 Å². The Labute approximate surface area is 191 Å². The minimum atomic E-state index is -4.70. The summed E-state index contributed by atoms with van der Waals surface area (Å²) in [5.41, 5.74) is 2.03. The van der Waals surface area contributed by atoms with Gasteiger partial charge >= 0.3 is 6.18 Å². The number of pyridine rings is 3. The first kappa shape index (κ1) is 22.5. The van der Waals surface area contributed by atoms with Crippen molar-refractivity contribution in [2.24, 2.45) is 0 Å². The second kappa shape index (κ2) is 8.67. The number of rotatable bonds is 4. The van der Waals surface area contributed by atoms with Crippen molar-refractivity contribution in [2.45, 2.75) is 13.1 Å². The van der Waals surface area contributed by atoms with E-state index in [0.717, 1.165) is 39.9 Å². The number of hydrogen-bond donors (Lipinski definition) is 2. The lowest BCUT2D eigenvalue weighted by Crippen LogP contribution is -2.17. The summed E-state index contributed by atoms with van der Waals surface area (Å²) in [5.74, 6) is -0.146. The summed E-state index contributed by atoms with van der Waals surface area (Å²) >= 11 is 5.82. The number of carbonyl (C=O) groups excluding carboxylic acids is 1. The zero-order valence-corrected chi connectivity index (χ0v) is 18.2. The summed E-state index contributed by atoms with van der Waals surface area (Å²) < 4.78 is 39.3. The number of nitrogens with one attached hydrogen (secondary N) is 2. The van der Waals surface area contributed by atoms with Crippen LogP contribution in [-0.2, 0) is 6.18 Å². The van der Waals surface area contributed by atoms with Crippen molar-refractivity contribution < 1.29 is 18.0 Å². The van der Waals surface area contributed by atoms with Crippen molar-refractivity contribution in [1.29, 1.82) is 0 Å². The van der Waals surface area contributed by atoms with Crippen molar-refractivity contribution in [2.75, 3.05) is 17.7 Å². The van der Waals surface area contributed by atoms with E-state index >= 15 is 0 Å². The fourth-order valence-electron chi connectivity index (χ4n) is 3.33. The number of aromatic nitrogens is 3. The summed E-state index contributed by atoms with van der Waals surface area (Å²) in [6, 6.07) is 9.63. The van der Waals surface area contributed by atoms with Crippen LogP contribution in [0.25, 0.3) is 22.0 Å². The molecule has 1 amide bonds. The summed E-state index contributed by atoms with van der Waals surface area (Å²) in [4.78, 5) is 25.1. The summed E-state index contributed by atoms with van der Waals surface area (Å²) in [5, 5.41) is 5.62. The fourth-order valence-corrected chi connectivity index (χ4v) is 3.63. The molecule has 0 aliphatic carbocycles. The van der Waals surface area contributed by atoms with Crippen molar-refractivity contribution in [1.82, 2.24) is 15.0 Å². The van der Waals surface area contributed by atoms with Gasteiger partial charge in [-0.15, -0.1) is 0 Å². The number of alkyl halides is 3. The SMILES string of the molecule is CNc1cc2ncc(-c3cc(NC(=O)c4nccc(C(F)(F)F)c4Cl)ccc3C)cc2cn1. The second-order valence-electron chi connectivity index (χ2n) is 7.24. The van der Waals surface area contributed by atoms with Crippen LogP contribution in [0.4, 0.5) is 24.7 Å². The van der Waals surface area contributed by atoms with Gasteiger partial charge in [-0.3, -0.25) is 9.78 Å². The highest BCUT2D eigenvalue weighted by molar-refractivity contribution is 6.34. The van der Waals surface area contributed by atoms with Gasteiger partial charge in [-0.05, 0) is 42.3 Å². The number of fused-ring (bicyclic) bond motifs is 1. The maximum atomic E-state index is 13.1. The minimum absolute atomic E-state index is 0.375. The van der Waals surface area contributed by atoms with Gasteiger partial charge in [-0.1, -0.05) is 17.7 Å². The molecule has 0 aliphatic heterocycles. The maximum absolute atomic E-state index is 13.1. The number of carbonyl (C=O) groups is 1. The lowest BCUT2D eigenvalue weighted by Gasteiger charge is -2.13. The summed E-state index contributed by atoms with van der Waals surface area (Å²) in [6.45, 7) is 1.90. The van der Waals surface area contributed by atoms with Crippen LogP contribution in [0.15, 0.2) is 55.0 Å². The van der Waals surface area contributed by atoms with Gasteiger partial charge in [0, 0.05) is 48.3 Å². The van der Waals surface area contributed by atoms with E-state index in [9.17, 15) is 18.0 Å². The molecule has 3 aromatic heterocycles. The van der Waals surface area contributed by atoms with E-state index in [-0.39, 0.29) is 0 Å². The number of benzene rings is 1. The Kier molecular flexibility index (Phi) is 5.90. The molecular formula is C23H17ClF3N5O. The van der Waals surface area contributed by atoms with Crippen LogP contribution in [0, 0.1) is 6.92 Å². The molecule has 6 nitrogen and oxygen atoms in total. The Bertz CT molecular complexity index is 1370. The minimum Gasteiger partial charge on any atom is -0.373 e. The molecule has 2 N–H and O–H groups in total. The number of anilines is 2. The summed E-state index contributed by atoms with van der Waals surface area (Å²) in [7, 11) is 1.77. The van der Waals surface area contributed by atoms with Crippen molar-refractivity contribution >= 4 is 39.9 Å². The van der Waals surface area contributed by atoms with Gasteiger partial charge in [-0.2, -0.15) is 13.2 Å². The lowest BCUT2D eigenvalue weighted by atomic mass is 10.00. The molecule has 168 valence electrons. The first-order valence-corrected chi connectivity index (χ1v) is 10.1. The first-order chi connectivity index (χ1) is 15.7. The Balaban J connectivity index is 1.66. The second-order valence-corrected chi connectivity index (χ2v) is 7.62. The van der Waals surface area contributed by atoms with Crippen LogP contribution in [0.2, 0.25) is 5.02 Å². The highest BCUT2D eigenvalue weighted by Crippen LogP contribution is 2.36. The average molecular weight is 472 g/mol. The molecule has 3 heterocycles. The average Bonchev–Trinajstić information content (AvgIpc) is 2.79. The molecule has 0 unspecified atom stereocenters. The third-order valence-electron chi connectivity index (χ3n) is 5.04. The lowest BCUT2D eigenvalue weighted by molar-refractivity contribution is -0.137. The molecule has 0 saturated heterocycles. The number of hydrogen-bond acceptors (Lipinski definition) is 5. The number of halogens is 4. The molecule has 0 aliphatic rings. The Morgan fingerprint density at radius 2 is 1.82 bits per heavy atom. The van der Waals surface area contributed by atoms with Crippen molar-refractivity contribution in [3.05, 3.63) is 76.8 Å². The molecule has 33 heavy (non-hydrogen) atoms. The molecule has 0 spiro atoms. The molecular weight excluding hydrogens is 455 g/mol. The van der Waals surface area contributed by atoms with E-state index < -0.39 is 28.4 Å². The van der Waals surface area contributed by atoms with Crippen molar-refractivity contribution in [3.8, 4) is 11.1 Å². The first-order valence-electron chi connectivity index (χ1n) is 9.75. The van der Waals surface area contributed by atoms with Crippen LogP contribution in [0.1, 0.15) is 21.6 Å². The fraction of sp³-hybridized carbons (Fsp3) is 0.130. The zero-order valence-electron chi connectivity index (χ0n) is 17.5. The highest BCUT2D eigenvalue weighted by atomic mass is 35.5. The molecule has 4 rings (SSSR count). The van der Waals surface area contributed by atoms with E-state index in [1.54, 1.807) is 37.6 Å². The van der Waals surface area contributed by atoms with Gasteiger partial charge in [0.05, 0.1) is 16.1 Å². The zero-order chi connectivity index (χ0) is 23.8. The summed E-state index contributed by atoms with van der Waals surface area (Å²) in [6.07, 6.45) is -0.378. The quantitative estimate of drug-likeness (QED) is 0.383. The Morgan fingerprint density at radius 3 is 2.55 bits per heavy atom. The number of nitrogens with zero attached hydrogens (tertiary/aromatic N) is 3. The molecule has 0 saturated carbocycles. The molecule has 4 aromatic rings. The number of amides is 1. The predicted octanol–water partition coefficient (Wildman–Crippen LogP) is 5.97. The van der Waals surface area contributed by atoms with E-state index in [2.05, 4.69) is 25.6 Å². The third kappa shape index (κ3) is 4.58. The Hall–Kier alpha value is -3.72. The molecule has 0 bridgehead atoms. The van der Waals surface area contributed by atoms with Crippen LogP contribution < -0.4 is 10.6 Å². The van der Waals surface area contributed by atoms with Crippen LogP contribution in [0.5, 0.6) is 0 Å². The maximum Gasteiger partial charge on any atom is 0.417 e. The molecule has 0 fully saturated rings. The van der Waals surface area contributed by atoms with Crippen molar-refractivity contribution in [3.63, 3.8) is 0 Å². The monoisotopic (exact) mass is 471 g/mol. The Morgan fingerprint density at radius 1 is 1.03 bits per heavy atom. The highest BCUT2D eigenvalue weighted by Gasteiger charge is 2.35. The van der Waals surface area contributed by atoms with Gasteiger partial charge in [0.15, 0.2) is 0 Å². The van der Waals surface area contributed by atoms with Crippen LogP contribution >= 0.6 is 11.6 Å². The van der Waals surface area contributed by atoms with E-state index in [1.165, 1.54) is 0 Å². The van der Waals surface area contributed by atoms with Crippen LogP contribution in [0.3, 0.4) is 0 Å². The van der Waals surface area contributed by atoms with Gasteiger partial charge in [0.25, 0.3) is 5.91 Å². The van der Waals surface area contributed by atoms with Gasteiger partial charge in [0.1, 0.15) is 11.5 Å². The molecule has 1 aromatic carbocycles. The standard InChI is InChI=1S/C23H17ClF3N5O/c1-12-3-4-15(32-22(33)21-20(24)17(5-6-29-21)23(25,26)27)8-16(12)13-7-14-11-31-19(28-2)9-18(14)30-10-13/h3-11H,1-2H3,(H,28,31)(H,32,33). The normalized spacial score (nSPS) is 11.5. The number of aryl methyl sites for hydroxylation is 1. The van der Waals surface area contributed by atoms with Gasteiger partial charge in [0.2, 0.25) is 0 Å². The topological polar surface area (TPSA) is 79.8 Å². The predicted molar refractivity (Wildman–Crippen MR) is 121 cm³/mol. The molecule has 0 radical (unpaired) electrons. The third-order valence-corrected chi connectivity index (χ3v) is 5.42. The smallest absolute Gasteiger partial charge is 0.373 e. The largest absolute Gasteiger partial charge is 0.417 e. The van der Waals surface area contributed by atoms with E-state index in [4.69, 9.17) is 11.6 Å². The molecule has 10 heteroatoms.